The Labute approximate surface area is 214 Å². The van der Waals surface area contributed by atoms with E-state index in [9.17, 15) is 18.3 Å². The molecule has 3 rings (SSSR count). The number of amides is 1. The number of rotatable bonds is 6. The first-order valence-corrected chi connectivity index (χ1v) is 13.4. The molecule has 0 fully saturated rings. The van der Waals surface area contributed by atoms with E-state index in [1.165, 1.54) is 10.4 Å². The van der Waals surface area contributed by atoms with Crippen molar-refractivity contribution in [3.63, 3.8) is 0 Å². The van der Waals surface area contributed by atoms with Gasteiger partial charge in [-0.3, -0.25) is 4.79 Å². The molecule has 2 aromatic rings. The van der Waals surface area contributed by atoms with Crippen LogP contribution in [0.4, 0.5) is 0 Å². The summed E-state index contributed by atoms with van der Waals surface area (Å²) in [6, 6.07) is 13.7. The summed E-state index contributed by atoms with van der Waals surface area (Å²) in [5.74, 6) is 6.03. The lowest BCUT2D eigenvalue weighted by Gasteiger charge is -2.37. The number of likely N-dealkylation sites (N-methyl/N-ethyl adjacent to an activating group) is 2. The first kappa shape index (κ1) is 27.7. The van der Waals surface area contributed by atoms with Crippen LogP contribution in [0.2, 0.25) is 0 Å². The summed E-state index contributed by atoms with van der Waals surface area (Å²) in [6.07, 6.45) is -0.471. The van der Waals surface area contributed by atoms with E-state index >= 15 is 0 Å². The standard InChI is InChI=1S/C27H35N3O5S/c1-20-16-30(21(2)19-31)36(33,34)26-14-13-23(12-11-22-9-7-6-8-10-22)15-24(26)35-25(20)17-29(5)27(32)18-28(3)4/h6-10,13-15,20-21,25,31H,16-19H2,1-5H3/t20-,21+,25+/m0/s1. The Hall–Kier alpha value is -2.90. The Morgan fingerprint density at radius 1 is 1.14 bits per heavy atom. The third-order valence-corrected chi connectivity index (χ3v) is 8.14. The number of carbonyl (C=O) groups excluding carboxylic acids is 1. The van der Waals surface area contributed by atoms with Crippen molar-refractivity contribution in [3.05, 3.63) is 59.7 Å². The first-order valence-electron chi connectivity index (χ1n) is 11.9. The summed E-state index contributed by atoms with van der Waals surface area (Å²) < 4.78 is 34.8. The van der Waals surface area contributed by atoms with Crippen LogP contribution in [0.5, 0.6) is 5.75 Å². The Kier molecular flexibility index (Phi) is 9.14. The molecule has 2 aromatic carbocycles. The smallest absolute Gasteiger partial charge is 0.247 e. The predicted octanol–water partition coefficient (Wildman–Crippen LogP) is 1.88. The van der Waals surface area contributed by atoms with Gasteiger partial charge in [-0.1, -0.05) is 37.0 Å². The van der Waals surface area contributed by atoms with Crippen molar-refractivity contribution >= 4 is 15.9 Å². The second-order valence-electron chi connectivity index (χ2n) is 9.53. The van der Waals surface area contributed by atoms with Gasteiger partial charge in [0, 0.05) is 36.7 Å². The van der Waals surface area contributed by atoms with Gasteiger partial charge in [-0.15, -0.1) is 0 Å². The molecule has 1 N–H and O–H groups in total. The Bertz CT molecular complexity index is 1220. The highest BCUT2D eigenvalue weighted by Gasteiger charge is 2.38. The van der Waals surface area contributed by atoms with Crippen molar-refractivity contribution in [3.8, 4) is 17.6 Å². The van der Waals surface area contributed by atoms with Crippen LogP contribution in [0.15, 0.2) is 53.4 Å². The number of hydrogen-bond acceptors (Lipinski definition) is 6. The number of benzene rings is 2. The predicted molar refractivity (Wildman–Crippen MR) is 139 cm³/mol. The normalized spacial score (nSPS) is 20.2. The quantitative estimate of drug-likeness (QED) is 0.594. The van der Waals surface area contributed by atoms with E-state index in [1.807, 2.05) is 51.4 Å². The van der Waals surface area contributed by atoms with Gasteiger partial charge in [0.25, 0.3) is 0 Å². The van der Waals surface area contributed by atoms with Gasteiger partial charge in [0.2, 0.25) is 15.9 Å². The number of aliphatic hydroxyl groups is 1. The molecule has 0 aliphatic carbocycles. The first-order chi connectivity index (χ1) is 17.0. The lowest BCUT2D eigenvalue weighted by Crippen LogP contribution is -2.50. The molecule has 1 heterocycles. The molecule has 0 aromatic heterocycles. The second kappa shape index (κ2) is 11.9. The summed E-state index contributed by atoms with van der Waals surface area (Å²) in [5.41, 5.74) is 1.45. The Morgan fingerprint density at radius 3 is 2.44 bits per heavy atom. The zero-order valence-corrected chi connectivity index (χ0v) is 22.3. The molecule has 0 unspecified atom stereocenters. The monoisotopic (exact) mass is 513 g/mol. The highest BCUT2D eigenvalue weighted by atomic mass is 32.2. The van der Waals surface area contributed by atoms with Gasteiger partial charge in [-0.2, -0.15) is 4.31 Å². The highest BCUT2D eigenvalue weighted by molar-refractivity contribution is 7.89. The lowest BCUT2D eigenvalue weighted by molar-refractivity contribution is -0.132. The average molecular weight is 514 g/mol. The minimum atomic E-state index is -3.94. The largest absolute Gasteiger partial charge is 0.487 e. The van der Waals surface area contributed by atoms with Gasteiger partial charge in [-0.25, -0.2) is 8.42 Å². The number of fused-ring (bicyclic) bond motifs is 1. The van der Waals surface area contributed by atoms with Crippen molar-refractivity contribution < 1.29 is 23.1 Å². The fraction of sp³-hybridized carbons (Fsp3) is 0.444. The van der Waals surface area contributed by atoms with Gasteiger partial charge < -0.3 is 19.6 Å². The van der Waals surface area contributed by atoms with E-state index in [2.05, 4.69) is 11.8 Å². The van der Waals surface area contributed by atoms with E-state index in [4.69, 9.17) is 4.74 Å². The second-order valence-corrected chi connectivity index (χ2v) is 11.4. The zero-order valence-electron chi connectivity index (χ0n) is 21.5. The number of aliphatic hydroxyl groups excluding tert-OH is 1. The molecule has 8 nitrogen and oxygen atoms in total. The van der Waals surface area contributed by atoms with Gasteiger partial charge >= 0.3 is 0 Å². The minimum Gasteiger partial charge on any atom is -0.487 e. The SMILES string of the molecule is C[C@H](CO)N1C[C@H](C)[C@@H](CN(C)C(=O)CN(C)C)Oc2cc(C#Cc3ccccc3)ccc2S1(=O)=O. The summed E-state index contributed by atoms with van der Waals surface area (Å²) in [7, 11) is 1.43. The molecule has 194 valence electrons. The fourth-order valence-corrected chi connectivity index (χ4v) is 5.78. The van der Waals surface area contributed by atoms with Crippen molar-refractivity contribution in [2.45, 2.75) is 30.9 Å². The van der Waals surface area contributed by atoms with Crippen LogP contribution in [0, 0.1) is 17.8 Å². The Morgan fingerprint density at radius 2 is 1.81 bits per heavy atom. The molecule has 0 radical (unpaired) electrons. The van der Waals surface area contributed by atoms with Crippen molar-refractivity contribution in [1.82, 2.24) is 14.1 Å². The molecule has 0 bridgehead atoms. The van der Waals surface area contributed by atoms with Crippen molar-refractivity contribution in [1.29, 1.82) is 0 Å². The van der Waals surface area contributed by atoms with Crippen LogP contribution in [-0.4, -0.2) is 93.1 Å². The molecular weight excluding hydrogens is 478 g/mol. The van der Waals surface area contributed by atoms with Crippen LogP contribution >= 0.6 is 0 Å². The van der Waals surface area contributed by atoms with E-state index < -0.39 is 22.2 Å². The number of nitrogens with zero attached hydrogens (tertiary/aromatic N) is 3. The zero-order chi connectivity index (χ0) is 26.5. The summed E-state index contributed by atoms with van der Waals surface area (Å²) in [5, 5.41) is 9.79. The molecule has 0 spiro atoms. The topological polar surface area (TPSA) is 90.4 Å². The maximum absolute atomic E-state index is 13.6. The maximum Gasteiger partial charge on any atom is 0.247 e. The minimum absolute atomic E-state index is 0.0206. The fourth-order valence-electron chi connectivity index (χ4n) is 3.95. The van der Waals surface area contributed by atoms with E-state index in [1.54, 1.807) is 35.9 Å². The van der Waals surface area contributed by atoms with Gasteiger partial charge in [0.05, 0.1) is 19.7 Å². The number of sulfonamides is 1. The molecule has 1 amide bonds. The van der Waals surface area contributed by atoms with E-state index in [0.29, 0.717) is 5.56 Å². The molecule has 3 atom stereocenters. The summed E-state index contributed by atoms with van der Waals surface area (Å²) >= 11 is 0. The average Bonchev–Trinajstić information content (AvgIpc) is 2.84. The number of hydrogen-bond donors (Lipinski definition) is 1. The molecular formula is C27H35N3O5S. The van der Waals surface area contributed by atoms with Crippen LogP contribution in [0.1, 0.15) is 25.0 Å². The third-order valence-electron chi connectivity index (χ3n) is 6.12. The van der Waals surface area contributed by atoms with Crippen LogP contribution < -0.4 is 4.74 Å². The van der Waals surface area contributed by atoms with Crippen LogP contribution in [0.25, 0.3) is 0 Å². The highest BCUT2D eigenvalue weighted by Crippen LogP contribution is 2.34. The number of carbonyl (C=O) groups is 1. The molecule has 0 saturated heterocycles. The van der Waals surface area contributed by atoms with E-state index in [-0.39, 0.29) is 48.7 Å². The molecule has 9 heteroatoms. The van der Waals surface area contributed by atoms with Gasteiger partial charge in [0.15, 0.2) is 0 Å². The van der Waals surface area contributed by atoms with Gasteiger partial charge in [-0.05, 0) is 51.4 Å². The van der Waals surface area contributed by atoms with Crippen molar-refractivity contribution in [2.24, 2.45) is 5.92 Å². The summed E-state index contributed by atoms with van der Waals surface area (Å²) in [6.45, 7) is 3.96. The van der Waals surface area contributed by atoms with E-state index in [0.717, 1.165) is 5.56 Å². The lowest BCUT2D eigenvalue weighted by atomic mass is 10.0. The van der Waals surface area contributed by atoms with Gasteiger partial charge in [0.1, 0.15) is 16.7 Å². The Balaban J connectivity index is 2.03. The molecule has 1 aliphatic heterocycles. The molecule has 36 heavy (non-hydrogen) atoms. The summed E-state index contributed by atoms with van der Waals surface area (Å²) in [4.78, 5) is 16.0. The van der Waals surface area contributed by atoms with Crippen LogP contribution in [-0.2, 0) is 14.8 Å². The number of ether oxygens (including phenoxy) is 1. The maximum atomic E-state index is 13.6. The van der Waals surface area contributed by atoms with Crippen molar-refractivity contribution in [2.75, 3.05) is 47.4 Å². The molecule has 0 saturated carbocycles. The third kappa shape index (κ3) is 6.65. The van der Waals surface area contributed by atoms with Crippen LogP contribution in [0.3, 0.4) is 0 Å². The molecule has 1 aliphatic rings.